The summed E-state index contributed by atoms with van der Waals surface area (Å²) in [5.41, 5.74) is 2.00. The van der Waals surface area contributed by atoms with Crippen molar-refractivity contribution in [3.8, 4) is 28.7 Å². The van der Waals surface area contributed by atoms with Crippen molar-refractivity contribution in [1.29, 1.82) is 0 Å². The van der Waals surface area contributed by atoms with Gasteiger partial charge < -0.3 is 29.0 Å². The topological polar surface area (TPSA) is 81.7 Å². The monoisotopic (exact) mass is 473 g/mol. The van der Waals surface area contributed by atoms with Crippen LogP contribution in [0.25, 0.3) is 0 Å². The van der Waals surface area contributed by atoms with Gasteiger partial charge in [-0.3, -0.25) is 14.6 Å². The summed E-state index contributed by atoms with van der Waals surface area (Å²) in [5.74, 6) is 3.26. The van der Waals surface area contributed by atoms with Gasteiger partial charge in [-0.05, 0) is 23.8 Å². The molecule has 0 radical (unpaired) electrons. The molecule has 3 rings (SSSR count). The lowest BCUT2D eigenvalue weighted by Crippen LogP contribution is -2.49. The lowest BCUT2D eigenvalue weighted by molar-refractivity contribution is -0.122. The van der Waals surface area contributed by atoms with Crippen LogP contribution in [-0.4, -0.2) is 84.0 Å². The Hall–Kier alpha value is -3.17. The normalized spacial score (nSPS) is 14.4. The highest BCUT2D eigenvalue weighted by atomic mass is 16.5. The number of piperazine rings is 1. The number of hydrogen-bond donors (Lipinski definition) is 1. The maximum Gasteiger partial charge on any atom is 0.234 e. The first-order valence-electron chi connectivity index (χ1n) is 11.2. The molecule has 2 aromatic rings. The summed E-state index contributed by atoms with van der Waals surface area (Å²) in [7, 11) is 8.03. The van der Waals surface area contributed by atoms with Crippen molar-refractivity contribution in [1.82, 2.24) is 15.1 Å². The molecule has 9 nitrogen and oxygen atoms in total. The predicted octanol–water partition coefficient (Wildman–Crippen LogP) is 2.16. The van der Waals surface area contributed by atoms with Crippen LogP contribution < -0.4 is 29.0 Å². The molecule has 0 unspecified atom stereocenters. The zero-order chi connectivity index (χ0) is 24.5. The molecule has 186 valence electrons. The number of amides is 1. The molecule has 0 aromatic heterocycles. The van der Waals surface area contributed by atoms with Crippen molar-refractivity contribution in [3.05, 3.63) is 41.5 Å². The van der Waals surface area contributed by atoms with Gasteiger partial charge in [0.1, 0.15) is 5.75 Å². The fourth-order valence-corrected chi connectivity index (χ4v) is 4.03. The van der Waals surface area contributed by atoms with Gasteiger partial charge in [0.25, 0.3) is 0 Å². The van der Waals surface area contributed by atoms with E-state index >= 15 is 0 Å². The number of nitrogens with zero attached hydrogens (tertiary/aromatic N) is 2. The molecule has 1 saturated heterocycles. The van der Waals surface area contributed by atoms with E-state index in [1.54, 1.807) is 41.6 Å². The van der Waals surface area contributed by atoms with Crippen LogP contribution in [0, 0.1) is 0 Å². The first kappa shape index (κ1) is 25.5. The number of carbonyl (C=O) groups excluding carboxylic acids is 1. The Morgan fingerprint density at radius 2 is 1.29 bits per heavy atom. The smallest absolute Gasteiger partial charge is 0.234 e. The number of hydrogen-bond acceptors (Lipinski definition) is 8. The second kappa shape index (κ2) is 12.3. The molecule has 1 fully saturated rings. The van der Waals surface area contributed by atoms with E-state index in [0.717, 1.165) is 49.8 Å². The third kappa shape index (κ3) is 6.45. The molecule has 2 aromatic carbocycles. The lowest BCUT2D eigenvalue weighted by atomic mass is 10.1. The van der Waals surface area contributed by atoms with E-state index in [0.29, 0.717) is 30.3 Å². The van der Waals surface area contributed by atoms with Crippen LogP contribution in [0.1, 0.15) is 11.1 Å². The summed E-state index contributed by atoms with van der Waals surface area (Å²) in [6, 6.07) is 9.59. The van der Waals surface area contributed by atoms with Crippen molar-refractivity contribution in [3.63, 3.8) is 0 Å². The van der Waals surface area contributed by atoms with Gasteiger partial charge in [-0.15, -0.1) is 0 Å². The van der Waals surface area contributed by atoms with Gasteiger partial charge in [0.2, 0.25) is 5.91 Å². The fraction of sp³-hybridized carbons (Fsp3) is 0.480. The lowest BCUT2D eigenvalue weighted by Gasteiger charge is -2.34. The molecule has 1 aliphatic rings. The Balaban J connectivity index is 1.47. The summed E-state index contributed by atoms with van der Waals surface area (Å²) in [4.78, 5) is 17.1. The number of nitrogens with one attached hydrogen (secondary N) is 1. The van der Waals surface area contributed by atoms with Crippen LogP contribution in [0.15, 0.2) is 30.3 Å². The Labute approximate surface area is 201 Å². The molecule has 1 amide bonds. The van der Waals surface area contributed by atoms with Gasteiger partial charge >= 0.3 is 0 Å². The minimum absolute atomic E-state index is 0.0230. The highest BCUT2D eigenvalue weighted by Gasteiger charge is 2.20. The molecule has 34 heavy (non-hydrogen) atoms. The van der Waals surface area contributed by atoms with E-state index < -0.39 is 0 Å². The Kier molecular flexibility index (Phi) is 9.24. The van der Waals surface area contributed by atoms with Crippen LogP contribution in [0.3, 0.4) is 0 Å². The summed E-state index contributed by atoms with van der Waals surface area (Å²) >= 11 is 0. The standard InChI is InChI=1S/C25H35N3O6/c1-30-20-7-6-18(12-22(20)32-3)16-27-8-10-28(11-9-27)17-25(29)26-15-19-13-23(33-4)24(34-5)14-21(19)31-2/h6-7,12-14H,8-11,15-17H2,1-5H3,(H,26,29). The van der Waals surface area contributed by atoms with E-state index in [-0.39, 0.29) is 5.91 Å². The van der Waals surface area contributed by atoms with Crippen LogP contribution in [0.5, 0.6) is 28.7 Å². The number of methoxy groups -OCH3 is 5. The SMILES string of the molecule is COc1cc(OC)c(OC)cc1CNC(=O)CN1CCN(Cc2ccc(OC)c(OC)c2)CC1. The molecule has 1 aliphatic heterocycles. The molecule has 1 N–H and O–H groups in total. The molecule has 0 aliphatic carbocycles. The third-order valence-corrected chi connectivity index (χ3v) is 5.95. The van der Waals surface area contributed by atoms with Crippen LogP contribution in [0.4, 0.5) is 0 Å². The Bertz CT molecular complexity index is 960. The van der Waals surface area contributed by atoms with Gasteiger partial charge in [0.05, 0.1) is 42.1 Å². The Morgan fingerprint density at radius 1 is 0.735 bits per heavy atom. The number of ether oxygens (including phenoxy) is 5. The van der Waals surface area contributed by atoms with Crippen molar-refractivity contribution >= 4 is 5.91 Å². The highest BCUT2D eigenvalue weighted by Crippen LogP contribution is 2.34. The number of rotatable bonds is 11. The largest absolute Gasteiger partial charge is 0.496 e. The molecule has 0 spiro atoms. The van der Waals surface area contributed by atoms with Gasteiger partial charge in [-0.25, -0.2) is 0 Å². The second-order valence-electron chi connectivity index (χ2n) is 8.04. The average molecular weight is 474 g/mol. The quantitative estimate of drug-likeness (QED) is 0.532. The predicted molar refractivity (Wildman–Crippen MR) is 129 cm³/mol. The minimum Gasteiger partial charge on any atom is -0.496 e. The zero-order valence-corrected chi connectivity index (χ0v) is 20.7. The molecular weight excluding hydrogens is 438 g/mol. The van der Waals surface area contributed by atoms with Crippen molar-refractivity contribution in [2.45, 2.75) is 13.1 Å². The van der Waals surface area contributed by atoms with Crippen LogP contribution in [-0.2, 0) is 17.9 Å². The van der Waals surface area contributed by atoms with E-state index in [9.17, 15) is 4.79 Å². The molecule has 0 saturated carbocycles. The van der Waals surface area contributed by atoms with E-state index in [2.05, 4.69) is 21.2 Å². The summed E-state index contributed by atoms with van der Waals surface area (Å²) in [6.45, 7) is 5.00. The van der Waals surface area contributed by atoms with Crippen LogP contribution >= 0.6 is 0 Å². The van der Waals surface area contributed by atoms with Crippen LogP contribution in [0.2, 0.25) is 0 Å². The van der Waals surface area contributed by atoms with Crippen molar-refractivity contribution < 1.29 is 28.5 Å². The first-order chi connectivity index (χ1) is 16.5. The van der Waals surface area contributed by atoms with Crippen molar-refractivity contribution in [2.75, 3.05) is 68.3 Å². The number of carbonyl (C=O) groups is 1. The third-order valence-electron chi connectivity index (χ3n) is 5.95. The van der Waals surface area contributed by atoms with E-state index in [1.165, 1.54) is 5.56 Å². The first-order valence-corrected chi connectivity index (χ1v) is 11.2. The molecule has 9 heteroatoms. The van der Waals surface area contributed by atoms with Gasteiger partial charge in [-0.1, -0.05) is 6.07 Å². The maximum absolute atomic E-state index is 12.6. The summed E-state index contributed by atoms with van der Waals surface area (Å²) < 4.78 is 26.8. The second-order valence-corrected chi connectivity index (χ2v) is 8.04. The molecule has 1 heterocycles. The van der Waals surface area contributed by atoms with E-state index in [4.69, 9.17) is 23.7 Å². The molecule has 0 bridgehead atoms. The summed E-state index contributed by atoms with van der Waals surface area (Å²) in [5, 5.41) is 2.99. The maximum atomic E-state index is 12.6. The Morgan fingerprint density at radius 3 is 1.91 bits per heavy atom. The highest BCUT2D eigenvalue weighted by molar-refractivity contribution is 5.78. The zero-order valence-electron chi connectivity index (χ0n) is 20.7. The van der Waals surface area contributed by atoms with Gasteiger partial charge in [-0.2, -0.15) is 0 Å². The van der Waals surface area contributed by atoms with E-state index in [1.807, 2.05) is 18.2 Å². The molecular formula is C25H35N3O6. The van der Waals surface area contributed by atoms with Gasteiger partial charge in [0.15, 0.2) is 23.0 Å². The fourth-order valence-electron chi connectivity index (χ4n) is 4.03. The molecule has 0 atom stereocenters. The van der Waals surface area contributed by atoms with Gasteiger partial charge in [0, 0.05) is 50.9 Å². The number of benzene rings is 2. The summed E-state index contributed by atoms with van der Waals surface area (Å²) in [6.07, 6.45) is 0. The minimum atomic E-state index is -0.0230. The van der Waals surface area contributed by atoms with Crippen molar-refractivity contribution in [2.24, 2.45) is 0 Å². The average Bonchev–Trinajstić information content (AvgIpc) is 2.87.